The second kappa shape index (κ2) is 4.40. The largest absolute Gasteiger partial charge is 0.315 e. The topological polar surface area (TPSA) is 12.0 Å². The average molecular weight is 145 g/mol. The SMILES string of the molecule is CCC#CNc1ccccc1. The smallest absolute Gasteiger partial charge is 0.0459 e. The summed E-state index contributed by atoms with van der Waals surface area (Å²) >= 11 is 0. The van der Waals surface area contributed by atoms with Crippen LogP contribution in [0.25, 0.3) is 0 Å². The maximum Gasteiger partial charge on any atom is 0.0459 e. The lowest BCUT2D eigenvalue weighted by Gasteiger charge is -1.94. The van der Waals surface area contributed by atoms with E-state index >= 15 is 0 Å². The standard InChI is InChI=1S/C10H11N/c1-2-3-9-11-10-7-5-4-6-8-10/h4-8,11H,2H2,1H3. The van der Waals surface area contributed by atoms with Gasteiger partial charge in [0.15, 0.2) is 0 Å². The number of rotatable bonds is 1. The lowest BCUT2D eigenvalue weighted by Crippen LogP contribution is -1.85. The molecule has 56 valence electrons. The van der Waals surface area contributed by atoms with Gasteiger partial charge in [0.1, 0.15) is 0 Å². The zero-order valence-electron chi connectivity index (χ0n) is 6.59. The van der Waals surface area contributed by atoms with Gasteiger partial charge in [-0.05, 0) is 12.1 Å². The lowest BCUT2D eigenvalue weighted by molar-refractivity contribution is 1.28. The van der Waals surface area contributed by atoms with Crippen LogP contribution in [0, 0.1) is 12.0 Å². The Bertz CT molecular complexity index is 253. The quantitative estimate of drug-likeness (QED) is 0.473. The van der Waals surface area contributed by atoms with E-state index in [9.17, 15) is 0 Å². The molecule has 1 N–H and O–H groups in total. The summed E-state index contributed by atoms with van der Waals surface area (Å²) in [5, 5.41) is 2.98. The molecule has 1 aromatic rings. The van der Waals surface area contributed by atoms with Gasteiger partial charge in [-0.15, -0.1) is 0 Å². The summed E-state index contributed by atoms with van der Waals surface area (Å²) in [6.07, 6.45) is 0.889. The van der Waals surface area contributed by atoms with Crippen LogP contribution in [0.2, 0.25) is 0 Å². The van der Waals surface area contributed by atoms with Crippen molar-refractivity contribution in [2.24, 2.45) is 0 Å². The first-order valence-corrected chi connectivity index (χ1v) is 3.72. The summed E-state index contributed by atoms with van der Waals surface area (Å²) in [6.45, 7) is 2.03. The molecule has 0 saturated heterocycles. The Morgan fingerprint density at radius 3 is 2.64 bits per heavy atom. The molecule has 0 aliphatic rings. The molecule has 0 atom stereocenters. The first-order chi connectivity index (χ1) is 5.43. The van der Waals surface area contributed by atoms with Gasteiger partial charge in [-0.3, -0.25) is 0 Å². The van der Waals surface area contributed by atoms with Gasteiger partial charge in [-0.2, -0.15) is 0 Å². The molecule has 1 aromatic carbocycles. The summed E-state index contributed by atoms with van der Waals surface area (Å²) < 4.78 is 0. The van der Waals surface area contributed by atoms with Crippen molar-refractivity contribution in [1.29, 1.82) is 0 Å². The van der Waals surface area contributed by atoms with Crippen LogP contribution in [-0.4, -0.2) is 0 Å². The second-order valence-electron chi connectivity index (χ2n) is 2.15. The van der Waals surface area contributed by atoms with Crippen molar-refractivity contribution in [3.05, 3.63) is 30.3 Å². The highest BCUT2D eigenvalue weighted by Crippen LogP contribution is 2.02. The van der Waals surface area contributed by atoms with Crippen molar-refractivity contribution < 1.29 is 0 Å². The van der Waals surface area contributed by atoms with E-state index in [1.807, 2.05) is 37.3 Å². The minimum absolute atomic E-state index is 0.889. The minimum Gasteiger partial charge on any atom is -0.315 e. The summed E-state index contributed by atoms with van der Waals surface area (Å²) in [5.41, 5.74) is 1.05. The van der Waals surface area contributed by atoms with Gasteiger partial charge >= 0.3 is 0 Å². The number of hydrogen-bond donors (Lipinski definition) is 1. The van der Waals surface area contributed by atoms with Gasteiger partial charge in [0.05, 0.1) is 0 Å². The van der Waals surface area contributed by atoms with Crippen molar-refractivity contribution in [2.45, 2.75) is 13.3 Å². The van der Waals surface area contributed by atoms with E-state index in [4.69, 9.17) is 0 Å². The van der Waals surface area contributed by atoms with E-state index in [-0.39, 0.29) is 0 Å². The van der Waals surface area contributed by atoms with Crippen molar-refractivity contribution in [3.63, 3.8) is 0 Å². The van der Waals surface area contributed by atoms with Gasteiger partial charge < -0.3 is 5.32 Å². The van der Waals surface area contributed by atoms with E-state index in [1.165, 1.54) is 0 Å². The van der Waals surface area contributed by atoms with Crippen molar-refractivity contribution in [3.8, 4) is 12.0 Å². The van der Waals surface area contributed by atoms with Crippen molar-refractivity contribution in [1.82, 2.24) is 0 Å². The molecule has 1 rings (SSSR count). The Hall–Kier alpha value is -1.42. The molecule has 0 spiro atoms. The molecular weight excluding hydrogens is 134 g/mol. The van der Waals surface area contributed by atoms with Crippen LogP contribution in [-0.2, 0) is 0 Å². The van der Waals surface area contributed by atoms with E-state index in [1.54, 1.807) is 0 Å². The Balaban J connectivity index is 2.52. The molecule has 1 heteroatoms. The summed E-state index contributed by atoms with van der Waals surface area (Å²) in [5.74, 6) is 2.94. The number of hydrogen-bond acceptors (Lipinski definition) is 1. The van der Waals surface area contributed by atoms with Crippen LogP contribution < -0.4 is 5.32 Å². The van der Waals surface area contributed by atoms with Crippen LogP contribution >= 0.6 is 0 Å². The zero-order valence-corrected chi connectivity index (χ0v) is 6.59. The fourth-order valence-electron chi connectivity index (χ4n) is 0.726. The second-order valence-corrected chi connectivity index (χ2v) is 2.15. The molecular formula is C10H11N. The molecule has 0 aliphatic carbocycles. The Morgan fingerprint density at radius 1 is 1.27 bits per heavy atom. The molecule has 0 fully saturated rings. The molecule has 1 nitrogen and oxygen atoms in total. The Kier molecular flexibility index (Phi) is 3.08. The van der Waals surface area contributed by atoms with Crippen LogP contribution in [0.5, 0.6) is 0 Å². The highest BCUT2D eigenvalue weighted by atomic mass is 14.8. The molecule has 0 aliphatic heterocycles. The van der Waals surface area contributed by atoms with Gasteiger partial charge in [0.2, 0.25) is 0 Å². The molecule has 11 heavy (non-hydrogen) atoms. The summed E-state index contributed by atoms with van der Waals surface area (Å²) in [4.78, 5) is 0. The normalized spacial score (nSPS) is 8.09. The van der Waals surface area contributed by atoms with Crippen LogP contribution in [0.4, 0.5) is 5.69 Å². The van der Waals surface area contributed by atoms with Crippen molar-refractivity contribution in [2.75, 3.05) is 5.32 Å². The van der Waals surface area contributed by atoms with Crippen LogP contribution in [0.15, 0.2) is 30.3 Å². The fourth-order valence-corrected chi connectivity index (χ4v) is 0.726. The van der Waals surface area contributed by atoms with Crippen molar-refractivity contribution >= 4 is 5.69 Å². The minimum atomic E-state index is 0.889. The predicted molar refractivity (Wildman–Crippen MR) is 48.1 cm³/mol. The molecule has 0 aromatic heterocycles. The van der Waals surface area contributed by atoms with Crippen LogP contribution in [0.3, 0.4) is 0 Å². The third-order valence-corrected chi connectivity index (χ3v) is 1.25. The molecule has 0 heterocycles. The third kappa shape index (κ3) is 2.77. The maximum absolute atomic E-state index is 2.98. The fraction of sp³-hybridized carbons (Fsp3) is 0.200. The van der Waals surface area contributed by atoms with E-state index < -0.39 is 0 Å². The number of para-hydroxylation sites is 1. The predicted octanol–water partition coefficient (Wildman–Crippen LogP) is 2.47. The zero-order chi connectivity index (χ0) is 7.94. The van der Waals surface area contributed by atoms with E-state index in [0.717, 1.165) is 12.1 Å². The maximum atomic E-state index is 2.98. The number of benzene rings is 1. The van der Waals surface area contributed by atoms with Crippen LogP contribution in [0.1, 0.15) is 13.3 Å². The number of nitrogens with one attached hydrogen (secondary N) is 1. The molecule has 0 bridgehead atoms. The van der Waals surface area contributed by atoms with Gasteiger partial charge in [-0.1, -0.05) is 31.0 Å². The van der Waals surface area contributed by atoms with E-state index in [2.05, 4.69) is 17.3 Å². The summed E-state index contributed by atoms with van der Waals surface area (Å²) in [7, 11) is 0. The summed E-state index contributed by atoms with van der Waals surface area (Å²) in [6, 6.07) is 12.8. The number of anilines is 1. The monoisotopic (exact) mass is 145 g/mol. The van der Waals surface area contributed by atoms with E-state index in [0.29, 0.717) is 0 Å². The first kappa shape index (κ1) is 7.68. The van der Waals surface area contributed by atoms with Gasteiger partial charge in [0, 0.05) is 18.2 Å². The molecule has 0 saturated carbocycles. The third-order valence-electron chi connectivity index (χ3n) is 1.25. The lowest BCUT2D eigenvalue weighted by atomic mass is 10.3. The first-order valence-electron chi connectivity index (χ1n) is 3.72. The average Bonchev–Trinajstić information content (AvgIpc) is 2.07. The Labute approximate surface area is 67.4 Å². The molecule has 0 radical (unpaired) electrons. The van der Waals surface area contributed by atoms with Gasteiger partial charge in [-0.25, -0.2) is 0 Å². The molecule has 0 unspecified atom stereocenters. The highest BCUT2D eigenvalue weighted by Gasteiger charge is 1.81. The highest BCUT2D eigenvalue weighted by molar-refractivity contribution is 5.47. The van der Waals surface area contributed by atoms with Gasteiger partial charge in [0.25, 0.3) is 0 Å². The Morgan fingerprint density at radius 2 is 2.00 bits per heavy atom. The molecule has 0 amide bonds.